The van der Waals surface area contributed by atoms with Crippen LogP contribution < -0.4 is 5.32 Å². The van der Waals surface area contributed by atoms with Gasteiger partial charge in [0.2, 0.25) is 5.91 Å². The Hall–Kier alpha value is -3.47. The third kappa shape index (κ3) is 5.05. The van der Waals surface area contributed by atoms with Crippen LogP contribution in [0.15, 0.2) is 72.9 Å². The topological polar surface area (TPSA) is 62.3 Å². The highest BCUT2D eigenvalue weighted by Gasteiger charge is 2.31. The van der Waals surface area contributed by atoms with E-state index in [0.717, 1.165) is 35.2 Å². The number of nitrogens with one attached hydrogen (secondary N) is 1. The number of carbonyl (C=O) groups excluding carboxylic acids is 2. The first kappa shape index (κ1) is 21.8. The number of piperidine rings is 1. The smallest absolute Gasteiger partial charge is 0.253 e. The maximum atomic E-state index is 13.3. The van der Waals surface area contributed by atoms with Gasteiger partial charge in [0.1, 0.15) is 0 Å². The standard InChI is InChI=1S/C27H29N3O2/c1-19-15-20(2)17-23(16-19)27(32)30-14-8-11-22(18-30)26(31)29-25(21-9-4-3-5-10-21)24-12-6-7-13-28-24/h3-7,9-10,12-13,15-17,22,25H,8,11,14,18H2,1-2H3,(H,29,31)/t22-,25-/m0/s1. The molecule has 0 bridgehead atoms. The van der Waals surface area contributed by atoms with E-state index >= 15 is 0 Å². The van der Waals surface area contributed by atoms with E-state index in [1.54, 1.807) is 6.20 Å². The monoisotopic (exact) mass is 427 g/mol. The van der Waals surface area contributed by atoms with E-state index in [9.17, 15) is 9.59 Å². The summed E-state index contributed by atoms with van der Waals surface area (Å²) in [4.78, 5) is 32.7. The van der Waals surface area contributed by atoms with Gasteiger partial charge in [-0.2, -0.15) is 0 Å². The van der Waals surface area contributed by atoms with Crippen LogP contribution in [0.1, 0.15) is 51.6 Å². The Morgan fingerprint density at radius 3 is 2.41 bits per heavy atom. The zero-order chi connectivity index (χ0) is 22.5. The lowest BCUT2D eigenvalue weighted by Crippen LogP contribution is -2.46. The van der Waals surface area contributed by atoms with Gasteiger partial charge in [0.05, 0.1) is 17.7 Å². The predicted octanol–water partition coefficient (Wildman–Crippen LogP) is 4.46. The first-order valence-corrected chi connectivity index (χ1v) is 11.1. The number of pyridine rings is 1. The number of aryl methyl sites for hydroxylation is 2. The van der Waals surface area contributed by atoms with E-state index in [0.29, 0.717) is 18.7 Å². The lowest BCUT2D eigenvalue weighted by atomic mass is 9.94. The second-order valence-electron chi connectivity index (χ2n) is 8.57. The third-order valence-electron chi connectivity index (χ3n) is 5.95. The summed E-state index contributed by atoms with van der Waals surface area (Å²) in [6.45, 7) is 5.11. The number of nitrogens with zero attached hydrogens (tertiary/aromatic N) is 2. The third-order valence-corrected chi connectivity index (χ3v) is 5.95. The molecule has 2 atom stereocenters. The Bertz CT molecular complexity index is 1020. The van der Waals surface area contributed by atoms with Crippen molar-refractivity contribution < 1.29 is 9.59 Å². The zero-order valence-electron chi connectivity index (χ0n) is 18.6. The maximum Gasteiger partial charge on any atom is 0.253 e. The van der Waals surface area contributed by atoms with Crippen LogP contribution in [0.5, 0.6) is 0 Å². The molecule has 4 rings (SSSR count). The highest BCUT2D eigenvalue weighted by Crippen LogP contribution is 2.24. The molecular formula is C27H29N3O2. The van der Waals surface area contributed by atoms with Crippen molar-refractivity contribution in [1.82, 2.24) is 15.2 Å². The molecular weight excluding hydrogens is 398 g/mol. The van der Waals surface area contributed by atoms with E-state index in [-0.39, 0.29) is 23.8 Å². The van der Waals surface area contributed by atoms with Gasteiger partial charge in [-0.25, -0.2) is 0 Å². The van der Waals surface area contributed by atoms with E-state index in [2.05, 4.69) is 16.4 Å². The van der Waals surface area contributed by atoms with E-state index < -0.39 is 0 Å². The summed E-state index contributed by atoms with van der Waals surface area (Å²) in [5, 5.41) is 3.20. The Morgan fingerprint density at radius 1 is 1.00 bits per heavy atom. The second-order valence-corrected chi connectivity index (χ2v) is 8.57. The summed E-state index contributed by atoms with van der Waals surface area (Å²) in [5.74, 6) is -0.283. The van der Waals surface area contributed by atoms with Gasteiger partial charge in [-0.05, 0) is 56.5 Å². The molecule has 5 nitrogen and oxygen atoms in total. The van der Waals surface area contributed by atoms with Crippen molar-refractivity contribution >= 4 is 11.8 Å². The fourth-order valence-corrected chi connectivity index (χ4v) is 4.44. The number of carbonyl (C=O) groups is 2. The average Bonchev–Trinajstić information content (AvgIpc) is 2.82. The Balaban J connectivity index is 1.50. The number of aromatic nitrogens is 1. The molecule has 2 heterocycles. The van der Waals surface area contributed by atoms with Gasteiger partial charge < -0.3 is 10.2 Å². The van der Waals surface area contributed by atoms with E-state index in [4.69, 9.17) is 0 Å². The minimum atomic E-state index is -0.324. The van der Waals surface area contributed by atoms with Crippen molar-refractivity contribution in [2.45, 2.75) is 32.7 Å². The van der Waals surface area contributed by atoms with Gasteiger partial charge in [0.15, 0.2) is 0 Å². The summed E-state index contributed by atoms with van der Waals surface area (Å²) in [5.41, 5.74) is 4.62. The minimum absolute atomic E-state index is 0.00126. The minimum Gasteiger partial charge on any atom is -0.343 e. The van der Waals surface area contributed by atoms with Crippen LogP contribution >= 0.6 is 0 Å². The molecule has 2 amide bonds. The number of likely N-dealkylation sites (tertiary alicyclic amines) is 1. The molecule has 0 aliphatic carbocycles. The molecule has 0 radical (unpaired) electrons. The number of amides is 2. The Kier molecular flexibility index (Phi) is 6.64. The Labute approximate surface area is 189 Å². The van der Waals surface area contributed by atoms with Gasteiger partial charge in [-0.3, -0.25) is 14.6 Å². The summed E-state index contributed by atoms with van der Waals surface area (Å²) in [6.07, 6.45) is 3.32. The number of rotatable bonds is 5. The van der Waals surface area contributed by atoms with Gasteiger partial charge >= 0.3 is 0 Å². The molecule has 0 spiro atoms. The van der Waals surface area contributed by atoms with E-state index in [1.165, 1.54) is 0 Å². The molecule has 5 heteroatoms. The largest absolute Gasteiger partial charge is 0.343 e. The van der Waals surface area contributed by atoms with Crippen molar-refractivity contribution in [2.75, 3.05) is 13.1 Å². The highest BCUT2D eigenvalue weighted by molar-refractivity contribution is 5.95. The number of hydrogen-bond donors (Lipinski definition) is 1. The highest BCUT2D eigenvalue weighted by atomic mass is 16.2. The molecule has 3 aromatic rings. The van der Waals surface area contributed by atoms with Crippen LogP contribution in [-0.4, -0.2) is 34.8 Å². The van der Waals surface area contributed by atoms with Gasteiger partial charge in [-0.15, -0.1) is 0 Å². The predicted molar refractivity (Wildman–Crippen MR) is 125 cm³/mol. The quantitative estimate of drug-likeness (QED) is 0.654. The molecule has 164 valence electrons. The summed E-state index contributed by atoms with van der Waals surface area (Å²) in [6, 6.07) is 21.2. The molecule has 32 heavy (non-hydrogen) atoms. The van der Waals surface area contributed by atoms with Crippen molar-refractivity contribution in [3.8, 4) is 0 Å². The first-order chi connectivity index (χ1) is 15.5. The van der Waals surface area contributed by atoms with Crippen LogP contribution in [0, 0.1) is 19.8 Å². The zero-order valence-corrected chi connectivity index (χ0v) is 18.6. The van der Waals surface area contributed by atoms with Crippen LogP contribution in [0.4, 0.5) is 0 Å². The SMILES string of the molecule is Cc1cc(C)cc(C(=O)N2CCC[C@H](C(=O)N[C@@H](c3ccccc3)c3ccccn3)C2)c1. The van der Waals surface area contributed by atoms with Crippen LogP contribution in [0.2, 0.25) is 0 Å². The summed E-state index contributed by atoms with van der Waals surface area (Å²) in [7, 11) is 0. The van der Waals surface area contributed by atoms with Gasteiger partial charge in [-0.1, -0.05) is 53.6 Å². The van der Waals surface area contributed by atoms with Crippen LogP contribution in [-0.2, 0) is 4.79 Å². The van der Waals surface area contributed by atoms with Crippen molar-refractivity contribution in [3.05, 3.63) is 101 Å². The molecule has 0 unspecified atom stereocenters. The first-order valence-electron chi connectivity index (χ1n) is 11.1. The lowest BCUT2D eigenvalue weighted by molar-refractivity contribution is -0.126. The summed E-state index contributed by atoms with van der Waals surface area (Å²) >= 11 is 0. The van der Waals surface area contributed by atoms with Crippen molar-refractivity contribution in [1.29, 1.82) is 0 Å². The fourth-order valence-electron chi connectivity index (χ4n) is 4.44. The van der Waals surface area contributed by atoms with Crippen molar-refractivity contribution in [2.24, 2.45) is 5.92 Å². The second kappa shape index (κ2) is 9.77. The fraction of sp³-hybridized carbons (Fsp3) is 0.296. The number of benzene rings is 2. The Morgan fingerprint density at radius 2 is 1.72 bits per heavy atom. The molecule has 1 aromatic heterocycles. The van der Waals surface area contributed by atoms with Crippen LogP contribution in [0.25, 0.3) is 0 Å². The number of hydrogen-bond acceptors (Lipinski definition) is 3. The maximum absolute atomic E-state index is 13.3. The molecule has 1 aliphatic heterocycles. The van der Waals surface area contributed by atoms with Crippen molar-refractivity contribution in [3.63, 3.8) is 0 Å². The molecule has 2 aromatic carbocycles. The molecule has 1 N–H and O–H groups in total. The lowest BCUT2D eigenvalue weighted by Gasteiger charge is -2.33. The summed E-state index contributed by atoms with van der Waals surface area (Å²) < 4.78 is 0. The molecule has 1 saturated heterocycles. The van der Waals surface area contributed by atoms with Crippen LogP contribution in [0.3, 0.4) is 0 Å². The average molecular weight is 428 g/mol. The molecule has 0 saturated carbocycles. The molecule has 1 fully saturated rings. The van der Waals surface area contributed by atoms with Gasteiger partial charge in [0.25, 0.3) is 5.91 Å². The van der Waals surface area contributed by atoms with E-state index in [1.807, 2.05) is 79.4 Å². The van der Waals surface area contributed by atoms with Gasteiger partial charge in [0, 0.05) is 24.8 Å². The normalized spacial score (nSPS) is 16.9. The molecule has 1 aliphatic rings.